The van der Waals surface area contributed by atoms with Crippen molar-refractivity contribution >= 4 is 43.7 Å². The van der Waals surface area contributed by atoms with Crippen LogP contribution in [0, 0.1) is 0 Å². The molecule has 102 valence electrons. The van der Waals surface area contributed by atoms with Crippen LogP contribution in [0.15, 0.2) is 27.1 Å². The molecule has 5 nitrogen and oxygen atoms in total. The maximum absolute atomic E-state index is 12.4. The van der Waals surface area contributed by atoms with Crippen molar-refractivity contribution in [2.75, 3.05) is 6.54 Å². The summed E-state index contributed by atoms with van der Waals surface area (Å²) < 4.78 is 1.50. The van der Waals surface area contributed by atoms with Crippen molar-refractivity contribution < 1.29 is 14.7 Å². The van der Waals surface area contributed by atoms with Crippen LogP contribution in [0.4, 0.5) is 0 Å². The third-order valence-electron chi connectivity index (χ3n) is 2.98. The molecule has 1 aliphatic heterocycles. The molecule has 1 aromatic carbocycles. The SMILES string of the molecule is NC(=O)C1CC(O)CN1C(=O)c1cc(Br)cc(Br)c1. The molecule has 1 fully saturated rings. The number of aliphatic hydroxyl groups excluding tert-OH is 1. The molecule has 2 atom stereocenters. The second kappa shape index (κ2) is 5.60. The Morgan fingerprint density at radius 1 is 1.26 bits per heavy atom. The Bertz CT molecular complexity index is 515. The minimum atomic E-state index is -0.750. The zero-order chi connectivity index (χ0) is 14.2. The van der Waals surface area contributed by atoms with Gasteiger partial charge in [-0.1, -0.05) is 31.9 Å². The normalized spacial score (nSPS) is 22.6. The third kappa shape index (κ3) is 3.16. The van der Waals surface area contributed by atoms with E-state index in [4.69, 9.17) is 5.73 Å². The van der Waals surface area contributed by atoms with Crippen LogP contribution in [0.25, 0.3) is 0 Å². The first-order valence-corrected chi connectivity index (χ1v) is 7.21. The standard InChI is InChI=1S/C12H12Br2N2O3/c13-7-1-6(2-8(14)3-7)12(19)16-5-9(17)4-10(16)11(15)18/h1-3,9-10,17H,4-5H2,(H2,15,18). The predicted molar refractivity (Wildman–Crippen MR) is 76.5 cm³/mol. The summed E-state index contributed by atoms with van der Waals surface area (Å²) in [6, 6.07) is 4.38. The van der Waals surface area contributed by atoms with Gasteiger partial charge in [0.1, 0.15) is 6.04 Å². The second-order valence-electron chi connectivity index (χ2n) is 4.42. The van der Waals surface area contributed by atoms with Crippen LogP contribution in [0.5, 0.6) is 0 Å². The highest BCUT2D eigenvalue weighted by molar-refractivity contribution is 9.11. The molecule has 3 N–H and O–H groups in total. The van der Waals surface area contributed by atoms with E-state index in [-0.39, 0.29) is 18.9 Å². The summed E-state index contributed by atoms with van der Waals surface area (Å²) in [5.41, 5.74) is 5.70. The van der Waals surface area contributed by atoms with Crippen molar-refractivity contribution in [2.24, 2.45) is 5.73 Å². The number of hydrogen-bond donors (Lipinski definition) is 2. The molecule has 0 saturated carbocycles. The van der Waals surface area contributed by atoms with Gasteiger partial charge in [-0.05, 0) is 18.2 Å². The van der Waals surface area contributed by atoms with Gasteiger partial charge in [-0.2, -0.15) is 0 Å². The lowest BCUT2D eigenvalue weighted by atomic mass is 10.1. The number of nitrogens with two attached hydrogens (primary N) is 1. The number of rotatable bonds is 2. The summed E-state index contributed by atoms with van der Waals surface area (Å²) in [7, 11) is 0. The fourth-order valence-electron chi connectivity index (χ4n) is 2.15. The van der Waals surface area contributed by atoms with Crippen molar-refractivity contribution in [1.29, 1.82) is 0 Å². The highest BCUT2D eigenvalue weighted by Crippen LogP contribution is 2.24. The fourth-order valence-corrected chi connectivity index (χ4v) is 3.44. The Morgan fingerprint density at radius 2 is 1.84 bits per heavy atom. The number of benzene rings is 1. The van der Waals surface area contributed by atoms with Crippen molar-refractivity contribution in [1.82, 2.24) is 4.90 Å². The van der Waals surface area contributed by atoms with Crippen LogP contribution in [-0.4, -0.2) is 40.5 Å². The summed E-state index contributed by atoms with van der Waals surface area (Å²) >= 11 is 6.61. The lowest BCUT2D eigenvalue weighted by Gasteiger charge is -2.22. The van der Waals surface area contributed by atoms with E-state index in [1.54, 1.807) is 18.2 Å². The van der Waals surface area contributed by atoms with Crippen LogP contribution in [-0.2, 0) is 4.79 Å². The zero-order valence-electron chi connectivity index (χ0n) is 9.85. The van der Waals surface area contributed by atoms with Crippen molar-refractivity contribution in [3.63, 3.8) is 0 Å². The molecule has 0 spiro atoms. The summed E-state index contributed by atoms with van der Waals surface area (Å²) in [5, 5.41) is 9.60. The number of carbonyl (C=O) groups excluding carboxylic acids is 2. The van der Waals surface area contributed by atoms with Crippen LogP contribution < -0.4 is 5.73 Å². The Hall–Kier alpha value is -0.920. The summed E-state index contributed by atoms with van der Waals surface area (Å²) in [4.78, 5) is 25.0. The van der Waals surface area contributed by atoms with E-state index in [9.17, 15) is 14.7 Å². The van der Waals surface area contributed by atoms with Gasteiger partial charge >= 0.3 is 0 Å². The van der Waals surface area contributed by atoms with Gasteiger partial charge in [-0.15, -0.1) is 0 Å². The molecule has 1 aliphatic rings. The maximum atomic E-state index is 12.4. The summed E-state index contributed by atoms with van der Waals surface area (Å²) in [6.45, 7) is 0.122. The molecule has 1 saturated heterocycles. The van der Waals surface area contributed by atoms with E-state index < -0.39 is 18.1 Å². The van der Waals surface area contributed by atoms with Gasteiger partial charge in [0.05, 0.1) is 6.10 Å². The van der Waals surface area contributed by atoms with E-state index in [2.05, 4.69) is 31.9 Å². The van der Waals surface area contributed by atoms with Gasteiger partial charge in [-0.3, -0.25) is 9.59 Å². The number of halogens is 2. The Kier molecular flexibility index (Phi) is 4.27. The first-order valence-electron chi connectivity index (χ1n) is 5.63. The third-order valence-corrected chi connectivity index (χ3v) is 3.89. The highest BCUT2D eigenvalue weighted by atomic mass is 79.9. The average molecular weight is 392 g/mol. The smallest absolute Gasteiger partial charge is 0.254 e. The molecule has 1 aromatic rings. The van der Waals surface area contributed by atoms with E-state index in [1.165, 1.54) is 4.90 Å². The molecule has 7 heteroatoms. The first kappa shape index (κ1) is 14.5. The number of likely N-dealkylation sites (tertiary alicyclic amines) is 1. The molecule has 19 heavy (non-hydrogen) atoms. The number of carbonyl (C=O) groups is 2. The van der Waals surface area contributed by atoms with Crippen LogP contribution >= 0.6 is 31.9 Å². The summed E-state index contributed by atoms with van der Waals surface area (Å²) in [5.74, 6) is -0.915. The maximum Gasteiger partial charge on any atom is 0.254 e. The van der Waals surface area contributed by atoms with E-state index in [1.807, 2.05) is 0 Å². The predicted octanol–water partition coefficient (Wildman–Crippen LogP) is 1.27. The molecular weight excluding hydrogens is 380 g/mol. The van der Waals surface area contributed by atoms with Crippen molar-refractivity contribution in [2.45, 2.75) is 18.6 Å². The van der Waals surface area contributed by atoms with E-state index in [0.29, 0.717) is 5.56 Å². The molecule has 0 aromatic heterocycles. The quantitative estimate of drug-likeness (QED) is 0.796. The molecule has 1 heterocycles. The number of nitrogens with zero attached hydrogens (tertiary/aromatic N) is 1. The van der Waals surface area contributed by atoms with Crippen molar-refractivity contribution in [3.8, 4) is 0 Å². The minimum absolute atomic E-state index is 0.122. The zero-order valence-corrected chi connectivity index (χ0v) is 13.0. The average Bonchev–Trinajstić information content (AvgIpc) is 2.69. The second-order valence-corrected chi connectivity index (χ2v) is 6.25. The van der Waals surface area contributed by atoms with Gasteiger partial charge < -0.3 is 15.7 Å². The molecular formula is C12H12Br2N2O3. The lowest BCUT2D eigenvalue weighted by Crippen LogP contribution is -2.43. The van der Waals surface area contributed by atoms with Gasteiger partial charge in [0.25, 0.3) is 5.91 Å². The number of primary amides is 1. The Labute approximate surface area is 127 Å². The molecule has 0 radical (unpaired) electrons. The van der Waals surface area contributed by atoms with Crippen molar-refractivity contribution in [3.05, 3.63) is 32.7 Å². The van der Waals surface area contributed by atoms with Gasteiger partial charge in [-0.25, -0.2) is 0 Å². The first-order chi connectivity index (χ1) is 8.88. The topological polar surface area (TPSA) is 83.6 Å². The van der Waals surface area contributed by atoms with E-state index >= 15 is 0 Å². The summed E-state index contributed by atoms with van der Waals surface area (Å²) in [6.07, 6.45) is -0.520. The van der Waals surface area contributed by atoms with Gasteiger partial charge in [0.2, 0.25) is 5.91 Å². The number of β-amino-alcohol motifs (C(OH)–C–C–N with tert-alkyl or cyclic N) is 1. The molecule has 0 aliphatic carbocycles. The van der Waals surface area contributed by atoms with Gasteiger partial charge in [0.15, 0.2) is 0 Å². The van der Waals surface area contributed by atoms with Crippen LogP contribution in [0.3, 0.4) is 0 Å². The Balaban J connectivity index is 2.30. The number of amides is 2. The van der Waals surface area contributed by atoms with Gasteiger partial charge in [0, 0.05) is 27.5 Å². The molecule has 2 rings (SSSR count). The van der Waals surface area contributed by atoms with Crippen LogP contribution in [0.1, 0.15) is 16.8 Å². The Morgan fingerprint density at radius 3 is 2.37 bits per heavy atom. The largest absolute Gasteiger partial charge is 0.391 e. The fraction of sp³-hybridized carbons (Fsp3) is 0.333. The number of aliphatic hydroxyl groups is 1. The minimum Gasteiger partial charge on any atom is -0.391 e. The highest BCUT2D eigenvalue weighted by Gasteiger charge is 2.38. The molecule has 0 bridgehead atoms. The number of hydrogen-bond acceptors (Lipinski definition) is 3. The van der Waals surface area contributed by atoms with E-state index in [0.717, 1.165) is 8.95 Å². The molecule has 2 unspecified atom stereocenters. The lowest BCUT2D eigenvalue weighted by molar-refractivity contribution is -0.121. The molecule has 2 amide bonds. The van der Waals surface area contributed by atoms with Crippen LogP contribution in [0.2, 0.25) is 0 Å². The monoisotopic (exact) mass is 390 g/mol.